The van der Waals surface area contributed by atoms with Crippen LogP contribution in [0.3, 0.4) is 0 Å². The lowest BCUT2D eigenvalue weighted by Gasteiger charge is -2.13. The van der Waals surface area contributed by atoms with Gasteiger partial charge in [-0.3, -0.25) is 0 Å². The van der Waals surface area contributed by atoms with E-state index in [0.717, 1.165) is 11.5 Å². The van der Waals surface area contributed by atoms with E-state index < -0.39 is 0 Å². The second kappa shape index (κ2) is 2.43. The smallest absolute Gasteiger partial charge is 0.136 e. The second-order valence-corrected chi connectivity index (χ2v) is 6.24. The summed E-state index contributed by atoms with van der Waals surface area (Å²) in [6.07, 6.45) is 0. The van der Waals surface area contributed by atoms with Crippen molar-refractivity contribution in [2.24, 2.45) is 5.92 Å². The lowest BCUT2D eigenvalue weighted by Crippen LogP contribution is -2.27. The van der Waals surface area contributed by atoms with Crippen LogP contribution >= 0.6 is 0 Å². The molecule has 1 nitrogen and oxygen atoms in total. The molecule has 0 saturated carbocycles. The molecule has 1 fully saturated rings. The van der Waals surface area contributed by atoms with Gasteiger partial charge in [-0.25, -0.2) is 0 Å². The first-order valence-electron chi connectivity index (χ1n) is 3.67. The predicted molar refractivity (Wildman–Crippen MR) is 42.8 cm³/mol. The summed E-state index contributed by atoms with van der Waals surface area (Å²) in [5, 5.41) is 0. The lowest BCUT2D eigenvalue weighted by atomic mass is 10.1. The van der Waals surface area contributed by atoms with E-state index in [-0.39, 0.29) is 8.96 Å². The van der Waals surface area contributed by atoms with Crippen molar-refractivity contribution in [1.82, 2.24) is 4.57 Å². The van der Waals surface area contributed by atoms with E-state index in [1.54, 1.807) is 0 Å². The Bertz CT molecular complexity index is 93.1. The van der Waals surface area contributed by atoms with Gasteiger partial charge in [0, 0.05) is 0 Å². The Kier molecular flexibility index (Phi) is 1.96. The quantitative estimate of drug-likeness (QED) is 0.464. The van der Waals surface area contributed by atoms with Crippen LogP contribution < -0.4 is 0 Å². The molecular weight excluding hydrogens is 126 g/mol. The van der Waals surface area contributed by atoms with Gasteiger partial charge in [0.2, 0.25) is 0 Å². The molecule has 53 valence electrons. The van der Waals surface area contributed by atoms with Crippen molar-refractivity contribution in [3.8, 4) is 0 Å². The van der Waals surface area contributed by atoms with E-state index in [9.17, 15) is 0 Å². The molecule has 0 bridgehead atoms. The SMILES string of the molecule is CC1CN(C)[Si](C)C1C. The summed E-state index contributed by atoms with van der Waals surface area (Å²) in [5.41, 5.74) is 0.986. The highest BCUT2D eigenvalue weighted by molar-refractivity contribution is 6.56. The fourth-order valence-corrected chi connectivity index (χ4v) is 3.69. The lowest BCUT2D eigenvalue weighted by molar-refractivity contribution is 0.476. The Labute approximate surface area is 59.7 Å². The van der Waals surface area contributed by atoms with Crippen molar-refractivity contribution in [1.29, 1.82) is 0 Å². The van der Waals surface area contributed by atoms with Crippen molar-refractivity contribution >= 4 is 8.96 Å². The Morgan fingerprint density at radius 3 is 2.11 bits per heavy atom. The van der Waals surface area contributed by atoms with Gasteiger partial charge < -0.3 is 4.57 Å². The summed E-state index contributed by atoms with van der Waals surface area (Å²) < 4.78 is 2.54. The van der Waals surface area contributed by atoms with Crippen molar-refractivity contribution in [2.75, 3.05) is 13.6 Å². The standard InChI is InChI=1S/C7H16NSi/c1-6-5-8(3)9(4)7(6)2/h6-7H,5H2,1-4H3. The maximum absolute atomic E-state index is 2.54. The Balaban J connectivity index is 2.54. The summed E-state index contributed by atoms with van der Waals surface area (Å²) >= 11 is 0. The molecule has 1 heterocycles. The second-order valence-electron chi connectivity index (χ2n) is 3.29. The highest BCUT2D eigenvalue weighted by atomic mass is 28.3. The van der Waals surface area contributed by atoms with Gasteiger partial charge in [0.25, 0.3) is 0 Å². The third-order valence-corrected chi connectivity index (χ3v) is 5.95. The highest BCUT2D eigenvalue weighted by Gasteiger charge is 2.32. The van der Waals surface area contributed by atoms with E-state index in [1.807, 2.05) is 0 Å². The monoisotopic (exact) mass is 142 g/mol. The summed E-state index contributed by atoms with van der Waals surface area (Å²) in [6, 6.07) is 0. The van der Waals surface area contributed by atoms with Gasteiger partial charge in [0.1, 0.15) is 8.96 Å². The maximum Gasteiger partial charge on any atom is 0.136 e. The average molecular weight is 142 g/mol. The van der Waals surface area contributed by atoms with Crippen LogP contribution in [0.2, 0.25) is 12.1 Å². The molecule has 0 aromatic carbocycles. The van der Waals surface area contributed by atoms with E-state index in [1.165, 1.54) is 6.54 Å². The molecule has 0 aromatic heterocycles. The van der Waals surface area contributed by atoms with Crippen LogP contribution in [0.4, 0.5) is 0 Å². The van der Waals surface area contributed by atoms with Gasteiger partial charge in [-0.1, -0.05) is 20.4 Å². The molecule has 2 heteroatoms. The molecule has 9 heavy (non-hydrogen) atoms. The average Bonchev–Trinajstić information content (AvgIpc) is 1.98. The molecule has 0 aliphatic carbocycles. The van der Waals surface area contributed by atoms with E-state index in [0.29, 0.717) is 0 Å². The summed E-state index contributed by atoms with van der Waals surface area (Å²) in [5.74, 6) is 0.939. The van der Waals surface area contributed by atoms with Crippen LogP contribution in [-0.2, 0) is 0 Å². The van der Waals surface area contributed by atoms with Gasteiger partial charge >= 0.3 is 0 Å². The zero-order chi connectivity index (χ0) is 7.02. The molecule has 0 amide bonds. The van der Waals surface area contributed by atoms with Gasteiger partial charge in [-0.2, -0.15) is 0 Å². The molecule has 1 aliphatic heterocycles. The van der Waals surface area contributed by atoms with Crippen molar-refractivity contribution in [3.05, 3.63) is 0 Å². The fourth-order valence-electron chi connectivity index (χ4n) is 1.49. The summed E-state index contributed by atoms with van der Waals surface area (Å²) in [7, 11) is 2.13. The Morgan fingerprint density at radius 1 is 1.44 bits per heavy atom. The highest BCUT2D eigenvalue weighted by Crippen LogP contribution is 2.29. The zero-order valence-electron chi connectivity index (χ0n) is 6.81. The Hall–Kier alpha value is 0.177. The minimum atomic E-state index is -0.128. The van der Waals surface area contributed by atoms with Crippen LogP contribution in [0.1, 0.15) is 13.8 Å². The van der Waals surface area contributed by atoms with Gasteiger partial charge in [0.05, 0.1) is 0 Å². The molecule has 2 unspecified atom stereocenters. The van der Waals surface area contributed by atoms with Crippen LogP contribution in [0.25, 0.3) is 0 Å². The molecule has 1 saturated heterocycles. The van der Waals surface area contributed by atoms with Gasteiger partial charge in [-0.15, -0.1) is 0 Å². The van der Waals surface area contributed by atoms with Crippen LogP contribution in [0.15, 0.2) is 0 Å². The molecule has 0 aromatic rings. The van der Waals surface area contributed by atoms with Gasteiger partial charge in [-0.05, 0) is 25.1 Å². The van der Waals surface area contributed by atoms with Crippen LogP contribution in [0, 0.1) is 5.92 Å². The maximum atomic E-state index is 2.54. The van der Waals surface area contributed by atoms with Crippen LogP contribution in [0.5, 0.6) is 0 Å². The first kappa shape index (κ1) is 7.29. The minimum Gasteiger partial charge on any atom is -0.327 e. The Morgan fingerprint density at radius 2 is 2.00 bits per heavy atom. The van der Waals surface area contributed by atoms with Crippen molar-refractivity contribution < 1.29 is 0 Å². The molecular formula is C7H16NSi. The van der Waals surface area contributed by atoms with Crippen LogP contribution in [-0.4, -0.2) is 27.1 Å². The molecule has 1 aliphatic rings. The van der Waals surface area contributed by atoms with E-state index in [2.05, 4.69) is 32.0 Å². The molecule has 0 N–H and O–H groups in total. The fraction of sp³-hybridized carbons (Fsp3) is 1.00. The number of rotatable bonds is 0. The van der Waals surface area contributed by atoms with Crippen molar-refractivity contribution in [2.45, 2.75) is 25.9 Å². The number of hydrogen-bond acceptors (Lipinski definition) is 1. The molecule has 0 spiro atoms. The van der Waals surface area contributed by atoms with Gasteiger partial charge in [0.15, 0.2) is 0 Å². The minimum absolute atomic E-state index is 0.128. The third-order valence-electron chi connectivity index (χ3n) is 2.68. The first-order valence-corrected chi connectivity index (χ1v) is 5.70. The van der Waals surface area contributed by atoms with Crippen molar-refractivity contribution in [3.63, 3.8) is 0 Å². The molecule has 1 radical (unpaired) electrons. The zero-order valence-corrected chi connectivity index (χ0v) is 7.81. The molecule has 1 rings (SSSR count). The van der Waals surface area contributed by atoms with E-state index >= 15 is 0 Å². The summed E-state index contributed by atoms with van der Waals surface area (Å²) in [4.78, 5) is 0. The third kappa shape index (κ3) is 1.19. The predicted octanol–water partition coefficient (Wildman–Crippen LogP) is 1.58. The molecule has 2 atom stereocenters. The largest absolute Gasteiger partial charge is 0.327 e. The topological polar surface area (TPSA) is 3.24 Å². The normalized spacial score (nSPS) is 40.0. The first-order chi connectivity index (χ1) is 4.13. The number of nitrogens with zero attached hydrogens (tertiary/aromatic N) is 1. The van der Waals surface area contributed by atoms with E-state index in [4.69, 9.17) is 0 Å². The number of hydrogen-bond donors (Lipinski definition) is 0. The summed E-state index contributed by atoms with van der Waals surface area (Å²) in [6.45, 7) is 8.50.